The Hall–Kier alpha value is -1.05. The highest BCUT2D eigenvalue weighted by atomic mass is 127. The van der Waals surface area contributed by atoms with E-state index in [1.54, 1.807) is 13.2 Å². The third-order valence-corrected chi connectivity index (χ3v) is 3.65. The number of hydrogen-bond donors (Lipinski definition) is 2. The molecule has 1 aromatic rings. The predicted octanol–water partition coefficient (Wildman–Crippen LogP) is 3.10. The van der Waals surface area contributed by atoms with Gasteiger partial charge in [0.2, 0.25) is 0 Å². The molecule has 4 nitrogen and oxygen atoms in total. The van der Waals surface area contributed by atoms with E-state index in [0.717, 1.165) is 30.2 Å². The lowest BCUT2D eigenvalue weighted by Gasteiger charge is -2.13. The number of nitrogens with zero attached hydrogens (tertiary/aromatic N) is 1. The molecule has 0 saturated carbocycles. The van der Waals surface area contributed by atoms with E-state index >= 15 is 0 Å². The van der Waals surface area contributed by atoms with Gasteiger partial charge in [-0.1, -0.05) is 19.8 Å². The summed E-state index contributed by atoms with van der Waals surface area (Å²) < 4.78 is 18.5. The van der Waals surface area contributed by atoms with Gasteiger partial charge in [-0.15, -0.1) is 24.0 Å². The van der Waals surface area contributed by atoms with Crippen LogP contribution in [-0.4, -0.2) is 32.2 Å². The molecule has 22 heavy (non-hydrogen) atoms. The number of ether oxygens (including phenoxy) is 1. The van der Waals surface area contributed by atoms with Crippen LogP contribution in [0.1, 0.15) is 31.7 Å². The first-order chi connectivity index (χ1) is 10.2. The van der Waals surface area contributed by atoms with Crippen molar-refractivity contribution in [3.63, 3.8) is 0 Å². The highest BCUT2D eigenvalue weighted by Crippen LogP contribution is 2.19. The smallest absolute Gasteiger partial charge is 0.191 e. The van der Waals surface area contributed by atoms with Gasteiger partial charge in [-0.25, -0.2) is 4.39 Å². The zero-order chi connectivity index (χ0) is 15.1. The number of hydrogen-bond acceptors (Lipinski definition) is 4. The molecule has 0 aliphatic carbocycles. The summed E-state index contributed by atoms with van der Waals surface area (Å²) in [6.45, 7) is 3.74. The molecule has 0 aromatic heterocycles. The lowest BCUT2D eigenvalue weighted by molar-refractivity contribution is 0.408. The maximum absolute atomic E-state index is 13.3. The van der Waals surface area contributed by atoms with Crippen molar-refractivity contribution in [2.75, 3.05) is 20.2 Å². The Labute approximate surface area is 148 Å². The number of benzene rings is 1. The van der Waals surface area contributed by atoms with Crippen molar-refractivity contribution >= 4 is 29.9 Å². The topological polar surface area (TPSA) is 45.7 Å². The van der Waals surface area contributed by atoms with Crippen LogP contribution >= 0.6 is 24.0 Å². The maximum atomic E-state index is 13.3. The number of guanidine groups is 1. The van der Waals surface area contributed by atoms with Crippen molar-refractivity contribution in [3.8, 4) is 5.75 Å². The Morgan fingerprint density at radius 3 is 3.00 bits per heavy atom. The van der Waals surface area contributed by atoms with Crippen molar-refractivity contribution in [2.45, 2.75) is 38.6 Å². The second kappa shape index (κ2) is 9.86. The van der Waals surface area contributed by atoms with E-state index in [4.69, 9.17) is 4.74 Å². The average molecular weight is 421 g/mol. The van der Waals surface area contributed by atoms with Crippen LogP contribution in [0.2, 0.25) is 0 Å². The normalized spacial score (nSPS) is 16.5. The van der Waals surface area contributed by atoms with E-state index in [-0.39, 0.29) is 29.8 Å². The second-order valence-corrected chi connectivity index (χ2v) is 5.31. The predicted molar refractivity (Wildman–Crippen MR) is 98.8 cm³/mol. The van der Waals surface area contributed by atoms with Gasteiger partial charge in [-0.05, 0) is 36.6 Å². The molecule has 0 fully saturated rings. The Balaban J connectivity index is 0.00000242. The summed E-state index contributed by atoms with van der Waals surface area (Å²) in [5.41, 5.74) is 0.867. The number of rotatable bonds is 7. The minimum Gasteiger partial charge on any atom is -0.496 e. The Morgan fingerprint density at radius 1 is 1.45 bits per heavy atom. The number of halogens is 2. The highest BCUT2D eigenvalue weighted by Gasteiger charge is 2.16. The first-order valence-corrected chi connectivity index (χ1v) is 7.60. The van der Waals surface area contributed by atoms with Gasteiger partial charge in [0, 0.05) is 12.6 Å². The molecule has 1 unspecified atom stereocenters. The summed E-state index contributed by atoms with van der Waals surface area (Å²) in [6, 6.07) is 5.05. The standard InChI is InChI=1S/C16H24FN3O.HI/c1-3-4-5-14-11-19-16(20-14)18-9-8-12-10-13(17)6-7-15(12)21-2;/h6-7,10,14H,3-5,8-9,11H2,1-2H3,(H2,18,19,20);1H. The molecular weight excluding hydrogens is 396 g/mol. The van der Waals surface area contributed by atoms with E-state index in [1.807, 2.05) is 0 Å². The van der Waals surface area contributed by atoms with Crippen molar-refractivity contribution in [1.82, 2.24) is 10.6 Å². The zero-order valence-corrected chi connectivity index (χ0v) is 15.5. The van der Waals surface area contributed by atoms with Gasteiger partial charge in [-0.2, -0.15) is 0 Å². The number of methoxy groups -OCH3 is 1. The maximum Gasteiger partial charge on any atom is 0.191 e. The molecule has 0 radical (unpaired) electrons. The van der Waals surface area contributed by atoms with Crippen LogP contribution in [0.4, 0.5) is 4.39 Å². The lowest BCUT2D eigenvalue weighted by Crippen LogP contribution is -2.39. The summed E-state index contributed by atoms with van der Waals surface area (Å²) in [6.07, 6.45) is 4.28. The third-order valence-electron chi connectivity index (χ3n) is 3.65. The van der Waals surface area contributed by atoms with Crippen molar-refractivity contribution in [2.24, 2.45) is 4.99 Å². The van der Waals surface area contributed by atoms with E-state index < -0.39 is 0 Å². The number of nitrogens with one attached hydrogen (secondary N) is 2. The van der Waals surface area contributed by atoms with Gasteiger partial charge in [0.25, 0.3) is 0 Å². The molecule has 2 N–H and O–H groups in total. The van der Waals surface area contributed by atoms with E-state index in [0.29, 0.717) is 19.0 Å². The molecule has 0 saturated heterocycles. The highest BCUT2D eigenvalue weighted by molar-refractivity contribution is 14.0. The Kier molecular flexibility index (Phi) is 8.52. The summed E-state index contributed by atoms with van der Waals surface area (Å²) in [5.74, 6) is 1.34. The molecule has 1 aliphatic heterocycles. The molecule has 0 amide bonds. The van der Waals surface area contributed by atoms with Crippen molar-refractivity contribution < 1.29 is 9.13 Å². The van der Waals surface area contributed by atoms with E-state index in [9.17, 15) is 4.39 Å². The minimum absolute atomic E-state index is 0. The van der Waals surface area contributed by atoms with Crippen LogP contribution in [0.25, 0.3) is 0 Å². The number of aliphatic imine (C=N–C) groups is 1. The van der Waals surface area contributed by atoms with Gasteiger partial charge in [-0.3, -0.25) is 4.99 Å². The molecule has 0 bridgehead atoms. The first-order valence-electron chi connectivity index (χ1n) is 7.60. The fraction of sp³-hybridized carbons (Fsp3) is 0.562. The van der Waals surface area contributed by atoms with Gasteiger partial charge in [0.1, 0.15) is 11.6 Å². The van der Waals surface area contributed by atoms with Gasteiger partial charge < -0.3 is 15.4 Å². The zero-order valence-electron chi connectivity index (χ0n) is 13.2. The minimum atomic E-state index is -0.234. The van der Waals surface area contributed by atoms with Crippen LogP contribution in [0.3, 0.4) is 0 Å². The Bertz CT molecular complexity index is 496. The van der Waals surface area contributed by atoms with Crippen LogP contribution in [0.15, 0.2) is 23.2 Å². The molecule has 1 atom stereocenters. The fourth-order valence-electron chi connectivity index (χ4n) is 2.47. The van der Waals surface area contributed by atoms with E-state index in [1.165, 1.54) is 25.0 Å². The largest absolute Gasteiger partial charge is 0.496 e. The molecule has 2 rings (SSSR count). The summed E-state index contributed by atoms with van der Waals surface area (Å²) in [5, 5.41) is 6.65. The number of unbranched alkanes of at least 4 members (excludes halogenated alkanes) is 1. The third kappa shape index (κ3) is 5.62. The molecular formula is C16H25FIN3O. The summed E-state index contributed by atoms with van der Waals surface area (Å²) >= 11 is 0. The second-order valence-electron chi connectivity index (χ2n) is 5.31. The van der Waals surface area contributed by atoms with Crippen LogP contribution in [0, 0.1) is 5.82 Å². The fourth-order valence-corrected chi connectivity index (χ4v) is 2.47. The van der Waals surface area contributed by atoms with Crippen molar-refractivity contribution in [1.29, 1.82) is 0 Å². The summed E-state index contributed by atoms with van der Waals surface area (Å²) in [7, 11) is 1.60. The van der Waals surface area contributed by atoms with Gasteiger partial charge >= 0.3 is 0 Å². The molecule has 6 heteroatoms. The van der Waals surface area contributed by atoms with Gasteiger partial charge in [0.05, 0.1) is 13.7 Å². The van der Waals surface area contributed by atoms with Crippen LogP contribution < -0.4 is 15.4 Å². The first kappa shape index (κ1) is 19.0. The van der Waals surface area contributed by atoms with Crippen LogP contribution in [-0.2, 0) is 6.42 Å². The quantitative estimate of drug-likeness (QED) is 0.666. The Morgan fingerprint density at radius 2 is 2.27 bits per heavy atom. The molecule has 1 heterocycles. The van der Waals surface area contributed by atoms with Crippen LogP contribution in [0.5, 0.6) is 5.75 Å². The molecule has 0 spiro atoms. The molecule has 124 valence electrons. The molecule has 1 aromatic carbocycles. The van der Waals surface area contributed by atoms with Gasteiger partial charge in [0.15, 0.2) is 5.96 Å². The molecule has 1 aliphatic rings. The monoisotopic (exact) mass is 421 g/mol. The SMILES string of the molecule is CCCCC1CN=C(NCCc2cc(F)ccc2OC)N1.I. The average Bonchev–Trinajstić information content (AvgIpc) is 2.93. The summed E-state index contributed by atoms with van der Waals surface area (Å²) in [4.78, 5) is 4.45. The van der Waals surface area contributed by atoms with E-state index in [2.05, 4.69) is 22.5 Å². The lowest BCUT2D eigenvalue weighted by atomic mass is 10.1. The van der Waals surface area contributed by atoms with Crippen molar-refractivity contribution in [3.05, 3.63) is 29.6 Å².